The van der Waals surface area contributed by atoms with Gasteiger partial charge in [-0.3, -0.25) is 9.59 Å². The molecule has 2 fully saturated rings. The van der Waals surface area contributed by atoms with Crippen LogP contribution in [0.2, 0.25) is 0 Å². The molecule has 0 aromatic rings. The number of rotatable bonds is 3. The van der Waals surface area contributed by atoms with Crippen molar-refractivity contribution < 1.29 is 19.1 Å². The van der Waals surface area contributed by atoms with Crippen molar-refractivity contribution in [3.63, 3.8) is 0 Å². The van der Waals surface area contributed by atoms with Gasteiger partial charge in [0.05, 0.1) is 6.10 Å². The van der Waals surface area contributed by atoms with Gasteiger partial charge < -0.3 is 9.47 Å². The van der Waals surface area contributed by atoms with E-state index in [1.807, 2.05) is 6.92 Å². The topological polar surface area (TPSA) is 55.9 Å². The van der Waals surface area contributed by atoms with Gasteiger partial charge >= 0.3 is 5.97 Å². The zero-order valence-electron chi connectivity index (χ0n) is 8.64. The maximum atomic E-state index is 11.7. The maximum Gasteiger partial charge on any atom is 0.317 e. The van der Waals surface area contributed by atoms with Crippen molar-refractivity contribution in [1.29, 1.82) is 0 Å². The Morgan fingerprint density at radius 2 is 2.47 bits per heavy atom. The van der Waals surface area contributed by atoms with E-state index in [1.54, 1.807) is 0 Å². The molecule has 1 saturated carbocycles. The molecule has 1 saturated heterocycles. The van der Waals surface area contributed by atoms with Gasteiger partial charge in [-0.25, -0.2) is 0 Å². The molecule has 0 radical (unpaired) electrons. The van der Waals surface area contributed by atoms with Crippen LogP contribution >= 0.6 is 0 Å². The van der Waals surface area contributed by atoms with Crippen molar-refractivity contribution >= 4 is 11.8 Å². The van der Waals surface area contributed by atoms with Crippen LogP contribution in [0.1, 0.15) is 13.3 Å². The lowest BCUT2D eigenvalue weighted by Crippen LogP contribution is -2.39. The highest BCUT2D eigenvalue weighted by Gasteiger charge is 2.56. The Labute approximate surface area is 88.2 Å². The molecular formula is C11H14O4. The van der Waals surface area contributed by atoms with Crippen molar-refractivity contribution in [2.45, 2.75) is 25.6 Å². The van der Waals surface area contributed by atoms with Crippen LogP contribution in [0.3, 0.4) is 0 Å². The van der Waals surface area contributed by atoms with Crippen LogP contribution in [0, 0.1) is 11.8 Å². The van der Waals surface area contributed by atoms with Crippen molar-refractivity contribution in [1.82, 2.24) is 0 Å². The summed E-state index contributed by atoms with van der Waals surface area (Å²) in [4.78, 5) is 23.3. The van der Waals surface area contributed by atoms with E-state index in [4.69, 9.17) is 9.47 Å². The molecule has 4 heteroatoms. The average Bonchev–Trinajstić information content (AvgIpc) is 2.93. The second kappa shape index (κ2) is 3.77. The van der Waals surface area contributed by atoms with Crippen molar-refractivity contribution in [3.8, 4) is 0 Å². The fourth-order valence-corrected chi connectivity index (χ4v) is 2.11. The summed E-state index contributed by atoms with van der Waals surface area (Å²) in [6, 6.07) is 0. The molecule has 82 valence electrons. The summed E-state index contributed by atoms with van der Waals surface area (Å²) in [5.41, 5.74) is 0. The smallest absolute Gasteiger partial charge is 0.317 e. The predicted octanol–water partition coefficient (Wildman–Crippen LogP) is 0.708. The Balaban J connectivity index is 2.02. The molecule has 0 bridgehead atoms. The van der Waals surface area contributed by atoms with Gasteiger partial charge in [-0.2, -0.15) is 0 Å². The van der Waals surface area contributed by atoms with Crippen molar-refractivity contribution in [3.05, 3.63) is 12.7 Å². The van der Waals surface area contributed by atoms with E-state index in [9.17, 15) is 9.59 Å². The van der Waals surface area contributed by atoms with Gasteiger partial charge in [0, 0.05) is 0 Å². The van der Waals surface area contributed by atoms with E-state index in [-0.39, 0.29) is 30.5 Å². The maximum absolute atomic E-state index is 11.7. The third-order valence-electron chi connectivity index (χ3n) is 2.94. The minimum atomic E-state index is -0.645. The van der Waals surface area contributed by atoms with Gasteiger partial charge in [0.15, 0.2) is 5.78 Å². The van der Waals surface area contributed by atoms with E-state index in [0.717, 1.165) is 6.42 Å². The monoisotopic (exact) mass is 210 g/mol. The molecule has 1 aliphatic carbocycles. The molecule has 2 aliphatic rings. The molecular weight excluding hydrogens is 196 g/mol. The molecule has 2 rings (SSSR count). The van der Waals surface area contributed by atoms with Gasteiger partial charge in [0.25, 0.3) is 0 Å². The molecule has 0 aromatic carbocycles. The molecule has 4 atom stereocenters. The van der Waals surface area contributed by atoms with E-state index < -0.39 is 11.9 Å². The highest BCUT2D eigenvalue weighted by molar-refractivity contribution is 6.03. The van der Waals surface area contributed by atoms with Gasteiger partial charge in [-0.05, 0) is 12.3 Å². The van der Waals surface area contributed by atoms with Crippen molar-refractivity contribution in [2.24, 2.45) is 11.8 Å². The lowest BCUT2D eigenvalue weighted by molar-refractivity contribution is -0.153. The molecule has 0 amide bonds. The van der Waals surface area contributed by atoms with E-state index in [2.05, 4.69) is 6.58 Å². The van der Waals surface area contributed by atoms with Gasteiger partial charge in [0.1, 0.15) is 18.6 Å². The van der Waals surface area contributed by atoms with E-state index in [0.29, 0.717) is 0 Å². The first-order chi connectivity index (χ1) is 7.15. The summed E-state index contributed by atoms with van der Waals surface area (Å²) in [5.74, 6) is -1.19. The normalized spacial score (nSPS) is 38.1. The van der Waals surface area contributed by atoms with Gasteiger partial charge in [-0.15, -0.1) is 0 Å². The molecule has 1 aliphatic heterocycles. The number of carbonyl (C=O) groups excluding carboxylic acids is 2. The van der Waals surface area contributed by atoms with Crippen LogP contribution < -0.4 is 0 Å². The summed E-state index contributed by atoms with van der Waals surface area (Å²) in [6.45, 7) is 5.49. The molecule has 0 spiro atoms. The quantitative estimate of drug-likeness (QED) is 0.298. The van der Waals surface area contributed by atoms with Crippen LogP contribution in [-0.2, 0) is 19.1 Å². The average molecular weight is 210 g/mol. The fraction of sp³-hybridized carbons (Fsp3) is 0.636. The number of Topliss-reactive ketones (excluding diaryl/α,β-unsaturated/α-hetero) is 1. The summed E-state index contributed by atoms with van der Waals surface area (Å²) >= 11 is 0. The minimum absolute atomic E-state index is 0.0126. The molecule has 1 unspecified atom stereocenters. The lowest BCUT2D eigenvalue weighted by atomic mass is 9.79. The fourth-order valence-electron chi connectivity index (χ4n) is 2.11. The number of fused-ring (bicyclic) bond motifs is 1. The SMILES string of the molecule is C=CCOC(=O)C1C(=O)[C@@H]2O[C@@H]2C[C@H]1C. The second-order valence-corrected chi connectivity index (χ2v) is 4.11. The molecule has 4 nitrogen and oxygen atoms in total. The zero-order chi connectivity index (χ0) is 11.0. The minimum Gasteiger partial charge on any atom is -0.461 e. The van der Waals surface area contributed by atoms with Crippen LogP contribution in [-0.4, -0.2) is 30.6 Å². The zero-order valence-corrected chi connectivity index (χ0v) is 8.64. The summed E-state index contributed by atoms with van der Waals surface area (Å²) in [7, 11) is 0. The van der Waals surface area contributed by atoms with Crippen LogP contribution in [0.5, 0.6) is 0 Å². The van der Waals surface area contributed by atoms with Crippen LogP contribution in [0.15, 0.2) is 12.7 Å². The highest BCUT2D eigenvalue weighted by Crippen LogP contribution is 2.40. The number of esters is 1. The third kappa shape index (κ3) is 1.81. The first-order valence-corrected chi connectivity index (χ1v) is 5.12. The molecule has 15 heavy (non-hydrogen) atoms. The summed E-state index contributed by atoms with van der Waals surface area (Å²) in [5, 5.41) is 0. The first-order valence-electron chi connectivity index (χ1n) is 5.12. The molecule has 0 N–H and O–H groups in total. The third-order valence-corrected chi connectivity index (χ3v) is 2.94. The van der Waals surface area contributed by atoms with Crippen LogP contribution in [0.4, 0.5) is 0 Å². The predicted molar refractivity (Wildman–Crippen MR) is 52.1 cm³/mol. The second-order valence-electron chi connectivity index (χ2n) is 4.11. The number of ketones is 1. The number of ether oxygens (including phenoxy) is 2. The Hall–Kier alpha value is -1.16. The molecule has 1 heterocycles. The lowest BCUT2D eigenvalue weighted by Gasteiger charge is -2.22. The first kappa shape index (κ1) is 10.4. The summed E-state index contributed by atoms with van der Waals surface area (Å²) < 4.78 is 10.1. The number of epoxide rings is 1. The van der Waals surface area contributed by atoms with E-state index in [1.165, 1.54) is 6.08 Å². The Kier molecular flexibility index (Phi) is 2.61. The Morgan fingerprint density at radius 3 is 3.13 bits per heavy atom. The van der Waals surface area contributed by atoms with Crippen molar-refractivity contribution in [2.75, 3.05) is 6.61 Å². The van der Waals surface area contributed by atoms with E-state index >= 15 is 0 Å². The summed E-state index contributed by atoms with van der Waals surface area (Å²) in [6.07, 6.45) is 1.97. The van der Waals surface area contributed by atoms with Gasteiger partial charge in [0.2, 0.25) is 0 Å². The Bertz CT molecular complexity index is 310. The Morgan fingerprint density at radius 1 is 1.73 bits per heavy atom. The standard InChI is InChI=1S/C11H14O4/c1-3-4-14-11(13)8-6(2)5-7-10(15-7)9(8)12/h3,6-8,10H,1,4-5H2,2H3/t6-,7-,8?,10-/m1/s1. The molecule has 0 aromatic heterocycles. The van der Waals surface area contributed by atoms with Gasteiger partial charge in [-0.1, -0.05) is 19.6 Å². The number of carbonyl (C=O) groups is 2. The number of hydrogen-bond donors (Lipinski definition) is 0. The van der Waals surface area contributed by atoms with Crippen LogP contribution in [0.25, 0.3) is 0 Å². The highest BCUT2D eigenvalue weighted by atomic mass is 16.6. The number of hydrogen-bond acceptors (Lipinski definition) is 4. The largest absolute Gasteiger partial charge is 0.461 e.